The van der Waals surface area contributed by atoms with Crippen LogP contribution in [0.2, 0.25) is 0 Å². The van der Waals surface area contributed by atoms with Crippen molar-refractivity contribution < 1.29 is 9.53 Å². The second kappa shape index (κ2) is 8.19. The molecule has 2 aromatic carbocycles. The Hall–Kier alpha value is -2.60. The van der Waals surface area contributed by atoms with Gasteiger partial charge in [-0.2, -0.15) is 0 Å². The van der Waals surface area contributed by atoms with Crippen molar-refractivity contribution >= 4 is 33.1 Å². The molecule has 1 atom stereocenters. The van der Waals surface area contributed by atoms with Crippen LogP contribution >= 0.6 is 11.3 Å². The highest BCUT2D eigenvalue weighted by Gasteiger charge is 2.18. The van der Waals surface area contributed by atoms with Crippen molar-refractivity contribution in [2.45, 2.75) is 53.2 Å². The Morgan fingerprint density at radius 3 is 2.61 bits per heavy atom. The highest BCUT2D eigenvalue weighted by molar-refractivity contribution is 7.16. The summed E-state index contributed by atoms with van der Waals surface area (Å²) in [7, 11) is 0. The lowest BCUT2D eigenvalue weighted by atomic mass is 10.0. The standard InChI is InChI=1S/C22H26N2O3S/c1-6-24-18-10-8-16(12-20(18)28-22(24)26)23-21(25)15(5)27-19-11-14(4)7-9-17(19)13(2)3/h7-13,15H,6H2,1-5H3,(H,23,25)/t15-/m0/s1. The maximum atomic E-state index is 12.6. The van der Waals surface area contributed by atoms with E-state index >= 15 is 0 Å². The summed E-state index contributed by atoms with van der Waals surface area (Å²) >= 11 is 1.19. The van der Waals surface area contributed by atoms with E-state index in [0.717, 1.165) is 27.1 Å². The van der Waals surface area contributed by atoms with E-state index in [2.05, 4.69) is 25.2 Å². The number of thiazole rings is 1. The first-order valence-electron chi connectivity index (χ1n) is 9.51. The molecule has 0 radical (unpaired) electrons. The summed E-state index contributed by atoms with van der Waals surface area (Å²) < 4.78 is 8.57. The van der Waals surface area contributed by atoms with Gasteiger partial charge in [-0.1, -0.05) is 37.3 Å². The molecule has 6 heteroatoms. The molecular formula is C22H26N2O3S. The summed E-state index contributed by atoms with van der Waals surface area (Å²) in [5, 5.41) is 2.90. The topological polar surface area (TPSA) is 60.3 Å². The van der Waals surface area contributed by atoms with Crippen LogP contribution in [-0.4, -0.2) is 16.6 Å². The summed E-state index contributed by atoms with van der Waals surface area (Å²) in [6.07, 6.45) is -0.644. The third kappa shape index (κ3) is 4.12. The molecule has 3 rings (SSSR count). The van der Waals surface area contributed by atoms with Crippen LogP contribution in [0.5, 0.6) is 5.75 Å². The molecule has 1 N–H and O–H groups in total. The Bertz CT molecular complexity index is 1070. The molecular weight excluding hydrogens is 372 g/mol. The number of anilines is 1. The monoisotopic (exact) mass is 398 g/mol. The molecule has 1 heterocycles. The predicted octanol–water partition coefficient (Wildman–Crippen LogP) is 4.92. The van der Waals surface area contributed by atoms with Crippen molar-refractivity contribution in [1.29, 1.82) is 0 Å². The van der Waals surface area contributed by atoms with Crippen LogP contribution in [0.3, 0.4) is 0 Å². The normalized spacial score (nSPS) is 12.4. The van der Waals surface area contributed by atoms with Gasteiger partial charge in [0.1, 0.15) is 5.75 Å². The minimum Gasteiger partial charge on any atom is -0.481 e. The fourth-order valence-electron chi connectivity index (χ4n) is 3.15. The van der Waals surface area contributed by atoms with Crippen LogP contribution in [0.4, 0.5) is 5.69 Å². The van der Waals surface area contributed by atoms with Gasteiger partial charge in [0.2, 0.25) is 0 Å². The zero-order valence-corrected chi connectivity index (χ0v) is 17.7. The zero-order chi connectivity index (χ0) is 20.4. The number of rotatable bonds is 6. The van der Waals surface area contributed by atoms with Crippen LogP contribution in [0, 0.1) is 6.92 Å². The van der Waals surface area contributed by atoms with Gasteiger partial charge >= 0.3 is 4.87 Å². The number of aryl methyl sites for hydroxylation is 2. The van der Waals surface area contributed by atoms with Gasteiger partial charge in [-0.25, -0.2) is 0 Å². The quantitative estimate of drug-likeness (QED) is 0.641. The molecule has 1 aromatic heterocycles. The van der Waals surface area contributed by atoms with Crippen LogP contribution in [0.15, 0.2) is 41.2 Å². The van der Waals surface area contributed by atoms with Crippen molar-refractivity contribution in [3.8, 4) is 5.75 Å². The van der Waals surface area contributed by atoms with Crippen molar-refractivity contribution in [1.82, 2.24) is 4.57 Å². The number of nitrogens with zero attached hydrogens (tertiary/aromatic N) is 1. The van der Waals surface area contributed by atoms with Crippen molar-refractivity contribution in [2.24, 2.45) is 0 Å². The summed E-state index contributed by atoms with van der Waals surface area (Å²) in [6, 6.07) is 11.6. The van der Waals surface area contributed by atoms with Gasteiger partial charge in [0, 0.05) is 12.2 Å². The van der Waals surface area contributed by atoms with Crippen molar-refractivity contribution in [3.05, 3.63) is 57.2 Å². The molecule has 148 valence electrons. The number of carbonyl (C=O) groups excluding carboxylic acids is 1. The number of amides is 1. The molecule has 3 aromatic rings. The predicted molar refractivity (Wildman–Crippen MR) is 116 cm³/mol. The Morgan fingerprint density at radius 2 is 1.93 bits per heavy atom. The van der Waals surface area contributed by atoms with E-state index in [1.54, 1.807) is 11.5 Å². The third-order valence-electron chi connectivity index (χ3n) is 4.72. The number of benzene rings is 2. The molecule has 0 saturated heterocycles. The summed E-state index contributed by atoms with van der Waals surface area (Å²) in [5.74, 6) is 0.822. The Labute approximate surface area is 169 Å². The zero-order valence-electron chi connectivity index (χ0n) is 16.9. The van der Waals surface area contributed by atoms with E-state index in [9.17, 15) is 9.59 Å². The maximum absolute atomic E-state index is 12.6. The second-order valence-corrected chi connectivity index (χ2v) is 8.23. The highest BCUT2D eigenvalue weighted by atomic mass is 32.1. The molecule has 0 bridgehead atoms. The first-order valence-corrected chi connectivity index (χ1v) is 10.3. The van der Waals surface area contributed by atoms with Crippen LogP contribution in [0.1, 0.15) is 44.7 Å². The fraction of sp³-hybridized carbons (Fsp3) is 0.364. The first-order chi connectivity index (χ1) is 13.3. The van der Waals surface area contributed by atoms with Crippen molar-refractivity contribution in [2.75, 3.05) is 5.32 Å². The number of ether oxygens (including phenoxy) is 1. The fourth-order valence-corrected chi connectivity index (χ4v) is 4.15. The SMILES string of the molecule is CCn1c(=O)sc2cc(NC(=O)[C@H](C)Oc3cc(C)ccc3C(C)C)ccc21. The largest absolute Gasteiger partial charge is 0.481 e. The van der Waals surface area contributed by atoms with Gasteiger partial charge in [-0.3, -0.25) is 14.2 Å². The van der Waals surface area contributed by atoms with E-state index < -0.39 is 6.10 Å². The van der Waals surface area contributed by atoms with Gasteiger partial charge < -0.3 is 10.1 Å². The first kappa shape index (κ1) is 20.1. The molecule has 0 unspecified atom stereocenters. The second-order valence-electron chi connectivity index (χ2n) is 7.24. The van der Waals surface area contributed by atoms with E-state index in [1.807, 2.05) is 44.2 Å². The minimum atomic E-state index is -0.644. The smallest absolute Gasteiger partial charge is 0.308 e. The number of fused-ring (bicyclic) bond motifs is 1. The molecule has 0 aliphatic carbocycles. The van der Waals surface area contributed by atoms with Gasteiger partial charge in [0.15, 0.2) is 6.10 Å². The van der Waals surface area contributed by atoms with E-state index in [4.69, 9.17) is 4.74 Å². The average Bonchev–Trinajstić information content (AvgIpc) is 2.95. The summed E-state index contributed by atoms with van der Waals surface area (Å²) in [4.78, 5) is 24.7. The lowest BCUT2D eigenvalue weighted by Crippen LogP contribution is -2.30. The van der Waals surface area contributed by atoms with Crippen molar-refractivity contribution in [3.63, 3.8) is 0 Å². The molecule has 5 nitrogen and oxygen atoms in total. The Kier molecular flexibility index (Phi) is 5.89. The van der Waals surface area contributed by atoms with E-state index in [-0.39, 0.29) is 10.8 Å². The van der Waals surface area contributed by atoms with Gasteiger partial charge in [0.05, 0.1) is 10.2 Å². The minimum absolute atomic E-state index is 0.0124. The lowest BCUT2D eigenvalue weighted by molar-refractivity contribution is -0.122. The number of hydrogen-bond donors (Lipinski definition) is 1. The van der Waals surface area contributed by atoms with E-state index in [0.29, 0.717) is 18.2 Å². The summed E-state index contributed by atoms with van der Waals surface area (Å²) in [5.41, 5.74) is 3.72. The van der Waals surface area contributed by atoms with Gasteiger partial charge in [-0.05, 0) is 62.1 Å². The maximum Gasteiger partial charge on any atom is 0.308 e. The molecule has 0 aliphatic rings. The molecule has 28 heavy (non-hydrogen) atoms. The molecule has 0 aliphatic heterocycles. The number of carbonyl (C=O) groups is 1. The van der Waals surface area contributed by atoms with Crippen LogP contribution in [0.25, 0.3) is 10.2 Å². The molecule has 0 fully saturated rings. The number of aromatic nitrogens is 1. The third-order valence-corrected chi connectivity index (χ3v) is 5.66. The lowest BCUT2D eigenvalue weighted by Gasteiger charge is -2.19. The molecule has 0 saturated carbocycles. The Morgan fingerprint density at radius 1 is 1.18 bits per heavy atom. The average molecular weight is 399 g/mol. The highest BCUT2D eigenvalue weighted by Crippen LogP contribution is 2.28. The van der Waals surface area contributed by atoms with Gasteiger partial charge in [0.25, 0.3) is 5.91 Å². The van der Waals surface area contributed by atoms with Crippen LogP contribution < -0.4 is 14.9 Å². The number of nitrogens with one attached hydrogen (secondary N) is 1. The van der Waals surface area contributed by atoms with E-state index in [1.165, 1.54) is 11.3 Å². The Balaban J connectivity index is 1.77. The summed E-state index contributed by atoms with van der Waals surface area (Å²) in [6.45, 7) is 10.5. The van der Waals surface area contributed by atoms with Crippen LogP contribution in [-0.2, 0) is 11.3 Å². The molecule has 1 amide bonds. The number of hydrogen-bond acceptors (Lipinski definition) is 4. The molecule has 0 spiro atoms. The van der Waals surface area contributed by atoms with Gasteiger partial charge in [-0.15, -0.1) is 0 Å².